The fourth-order valence-electron chi connectivity index (χ4n) is 3.14. The van der Waals surface area contributed by atoms with Gasteiger partial charge in [-0.2, -0.15) is 5.10 Å². The molecule has 18 heavy (non-hydrogen) atoms. The Morgan fingerprint density at radius 1 is 1.44 bits per heavy atom. The van der Waals surface area contributed by atoms with Gasteiger partial charge in [0.15, 0.2) is 0 Å². The third-order valence-corrected chi connectivity index (χ3v) is 4.35. The molecule has 102 valence electrons. The molecule has 1 atom stereocenters. The van der Waals surface area contributed by atoms with Gasteiger partial charge in [-0.1, -0.05) is 12.8 Å². The van der Waals surface area contributed by atoms with Gasteiger partial charge in [0.1, 0.15) is 12.2 Å². The van der Waals surface area contributed by atoms with Crippen LogP contribution in [0.1, 0.15) is 38.4 Å². The highest BCUT2D eigenvalue weighted by atomic mass is 16.3. The SMILES string of the molecule is CCn1ncnc1CC(O)C1(N(C)C)CCCC1. The fourth-order valence-corrected chi connectivity index (χ4v) is 3.14. The summed E-state index contributed by atoms with van der Waals surface area (Å²) < 4.78 is 1.86. The van der Waals surface area contributed by atoms with Gasteiger partial charge < -0.3 is 10.0 Å². The van der Waals surface area contributed by atoms with E-state index < -0.39 is 0 Å². The highest BCUT2D eigenvalue weighted by molar-refractivity contribution is 5.02. The molecule has 0 bridgehead atoms. The molecule has 0 amide bonds. The van der Waals surface area contributed by atoms with Gasteiger partial charge in [-0.3, -0.25) is 4.68 Å². The van der Waals surface area contributed by atoms with Crippen molar-refractivity contribution in [2.75, 3.05) is 14.1 Å². The molecular formula is C13H24N4O. The van der Waals surface area contributed by atoms with E-state index in [2.05, 4.69) is 29.1 Å². The van der Waals surface area contributed by atoms with E-state index in [0.29, 0.717) is 6.42 Å². The quantitative estimate of drug-likeness (QED) is 0.852. The molecule has 0 spiro atoms. The van der Waals surface area contributed by atoms with Crippen molar-refractivity contribution in [3.63, 3.8) is 0 Å². The number of aliphatic hydroxyl groups excluding tert-OH is 1. The number of hydrogen-bond donors (Lipinski definition) is 1. The van der Waals surface area contributed by atoms with Gasteiger partial charge in [0.2, 0.25) is 0 Å². The summed E-state index contributed by atoms with van der Waals surface area (Å²) in [4.78, 5) is 6.45. The monoisotopic (exact) mass is 252 g/mol. The molecule has 1 aliphatic carbocycles. The predicted octanol–water partition coefficient (Wildman–Crippen LogP) is 1.08. The molecule has 0 saturated heterocycles. The molecule has 0 aromatic carbocycles. The fraction of sp³-hybridized carbons (Fsp3) is 0.846. The minimum Gasteiger partial charge on any atom is -0.391 e. The molecule has 1 aliphatic rings. The lowest BCUT2D eigenvalue weighted by atomic mass is 9.87. The second-order valence-corrected chi connectivity index (χ2v) is 5.42. The molecular weight excluding hydrogens is 228 g/mol. The van der Waals surface area contributed by atoms with Crippen LogP contribution in [0.15, 0.2) is 6.33 Å². The highest BCUT2D eigenvalue weighted by Gasteiger charge is 2.42. The minimum absolute atomic E-state index is 0.0788. The first-order chi connectivity index (χ1) is 8.60. The van der Waals surface area contributed by atoms with Crippen molar-refractivity contribution in [3.05, 3.63) is 12.2 Å². The van der Waals surface area contributed by atoms with E-state index in [1.165, 1.54) is 12.8 Å². The molecule has 0 aliphatic heterocycles. The van der Waals surface area contributed by atoms with Crippen molar-refractivity contribution in [1.82, 2.24) is 19.7 Å². The standard InChI is InChI=1S/C13H24N4O/c1-4-17-12(14-10-15-17)9-11(18)13(16(2)3)7-5-6-8-13/h10-11,18H,4-9H2,1-3H3. The summed E-state index contributed by atoms with van der Waals surface area (Å²) in [6.45, 7) is 2.85. The highest BCUT2D eigenvalue weighted by Crippen LogP contribution is 2.37. The van der Waals surface area contributed by atoms with Crippen molar-refractivity contribution in [3.8, 4) is 0 Å². The molecule has 1 aromatic rings. The molecule has 1 fully saturated rings. The third-order valence-electron chi connectivity index (χ3n) is 4.35. The van der Waals surface area contributed by atoms with E-state index in [0.717, 1.165) is 25.2 Å². The first-order valence-electron chi connectivity index (χ1n) is 6.82. The van der Waals surface area contributed by atoms with Crippen LogP contribution in [0, 0.1) is 0 Å². The van der Waals surface area contributed by atoms with Gasteiger partial charge in [-0.05, 0) is 33.9 Å². The van der Waals surface area contributed by atoms with Crippen LogP contribution in [-0.2, 0) is 13.0 Å². The molecule has 5 nitrogen and oxygen atoms in total. The van der Waals surface area contributed by atoms with Crippen molar-refractivity contribution < 1.29 is 5.11 Å². The van der Waals surface area contributed by atoms with Crippen molar-refractivity contribution in [2.45, 2.75) is 57.2 Å². The van der Waals surface area contributed by atoms with Gasteiger partial charge in [-0.25, -0.2) is 4.98 Å². The van der Waals surface area contributed by atoms with E-state index in [1.54, 1.807) is 6.33 Å². The van der Waals surface area contributed by atoms with E-state index in [1.807, 2.05) is 11.6 Å². The van der Waals surface area contributed by atoms with E-state index >= 15 is 0 Å². The van der Waals surface area contributed by atoms with E-state index in [-0.39, 0.29) is 11.6 Å². The number of nitrogens with zero attached hydrogens (tertiary/aromatic N) is 4. The Kier molecular flexibility index (Phi) is 4.02. The number of rotatable bonds is 5. The Bertz CT molecular complexity index is 382. The topological polar surface area (TPSA) is 54.2 Å². The minimum atomic E-state index is -0.371. The van der Waals surface area contributed by atoms with Crippen LogP contribution in [0.25, 0.3) is 0 Å². The Morgan fingerprint density at radius 3 is 2.67 bits per heavy atom. The molecule has 0 radical (unpaired) electrons. The number of hydrogen-bond acceptors (Lipinski definition) is 4. The van der Waals surface area contributed by atoms with Crippen LogP contribution in [-0.4, -0.2) is 50.5 Å². The lowest BCUT2D eigenvalue weighted by molar-refractivity contribution is -0.00413. The Balaban J connectivity index is 2.13. The predicted molar refractivity (Wildman–Crippen MR) is 70.3 cm³/mol. The second kappa shape index (κ2) is 5.36. The normalized spacial score (nSPS) is 20.5. The molecule has 2 rings (SSSR count). The van der Waals surface area contributed by atoms with Gasteiger partial charge in [0.05, 0.1) is 6.10 Å². The molecule has 1 heterocycles. The lowest BCUT2D eigenvalue weighted by Crippen LogP contribution is -2.52. The number of aryl methyl sites for hydroxylation is 1. The second-order valence-electron chi connectivity index (χ2n) is 5.42. The summed E-state index contributed by atoms with van der Waals surface area (Å²) in [5.41, 5.74) is -0.0788. The number of aliphatic hydroxyl groups is 1. The number of aromatic nitrogens is 3. The smallest absolute Gasteiger partial charge is 0.138 e. The summed E-state index contributed by atoms with van der Waals surface area (Å²) >= 11 is 0. The van der Waals surface area contributed by atoms with Gasteiger partial charge in [0, 0.05) is 18.5 Å². The van der Waals surface area contributed by atoms with Crippen LogP contribution < -0.4 is 0 Å². The average molecular weight is 252 g/mol. The largest absolute Gasteiger partial charge is 0.391 e. The third kappa shape index (κ3) is 2.29. The summed E-state index contributed by atoms with van der Waals surface area (Å²) in [6.07, 6.45) is 6.34. The van der Waals surface area contributed by atoms with Gasteiger partial charge in [-0.15, -0.1) is 0 Å². The zero-order valence-corrected chi connectivity index (χ0v) is 11.6. The van der Waals surface area contributed by atoms with E-state index in [9.17, 15) is 5.11 Å². The molecule has 1 saturated carbocycles. The molecule has 5 heteroatoms. The summed E-state index contributed by atoms with van der Waals surface area (Å²) in [7, 11) is 4.14. The first kappa shape index (κ1) is 13.5. The van der Waals surface area contributed by atoms with Crippen LogP contribution >= 0.6 is 0 Å². The van der Waals surface area contributed by atoms with Crippen LogP contribution in [0.3, 0.4) is 0 Å². The maximum atomic E-state index is 10.6. The van der Waals surface area contributed by atoms with Crippen molar-refractivity contribution in [1.29, 1.82) is 0 Å². The Hall–Kier alpha value is -0.940. The van der Waals surface area contributed by atoms with Crippen molar-refractivity contribution in [2.24, 2.45) is 0 Å². The molecule has 1 unspecified atom stereocenters. The zero-order chi connectivity index (χ0) is 13.2. The maximum absolute atomic E-state index is 10.6. The van der Waals surface area contributed by atoms with Crippen LogP contribution in [0.4, 0.5) is 0 Å². The number of likely N-dealkylation sites (N-methyl/N-ethyl adjacent to an activating group) is 1. The van der Waals surface area contributed by atoms with Gasteiger partial charge >= 0.3 is 0 Å². The Morgan fingerprint density at radius 2 is 2.11 bits per heavy atom. The van der Waals surface area contributed by atoms with Crippen LogP contribution in [0.2, 0.25) is 0 Å². The summed E-state index contributed by atoms with van der Waals surface area (Å²) in [5, 5.41) is 14.8. The molecule has 1 N–H and O–H groups in total. The lowest BCUT2D eigenvalue weighted by Gasteiger charge is -2.40. The van der Waals surface area contributed by atoms with Gasteiger partial charge in [0.25, 0.3) is 0 Å². The summed E-state index contributed by atoms with van der Waals surface area (Å²) in [6, 6.07) is 0. The molecule has 1 aromatic heterocycles. The van der Waals surface area contributed by atoms with Crippen LogP contribution in [0.5, 0.6) is 0 Å². The van der Waals surface area contributed by atoms with E-state index in [4.69, 9.17) is 0 Å². The Labute approximate surface area is 109 Å². The van der Waals surface area contributed by atoms with Crippen molar-refractivity contribution >= 4 is 0 Å². The zero-order valence-electron chi connectivity index (χ0n) is 11.6. The first-order valence-corrected chi connectivity index (χ1v) is 6.82. The average Bonchev–Trinajstić information content (AvgIpc) is 2.97. The summed E-state index contributed by atoms with van der Waals surface area (Å²) in [5.74, 6) is 0.887. The maximum Gasteiger partial charge on any atom is 0.138 e.